The molecule has 0 saturated heterocycles. The van der Waals surface area contributed by atoms with Crippen LogP contribution in [0.5, 0.6) is 0 Å². The van der Waals surface area contributed by atoms with Crippen LogP contribution in [0.4, 0.5) is 0 Å². The van der Waals surface area contributed by atoms with Gasteiger partial charge in [0.1, 0.15) is 6.07 Å². The van der Waals surface area contributed by atoms with Crippen molar-refractivity contribution in [3.63, 3.8) is 0 Å². The zero-order valence-electron chi connectivity index (χ0n) is 7.14. The molecule has 68 valence electrons. The summed E-state index contributed by atoms with van der Waals surface area (Å²) in [6, 6.07) is 7.12. The van der Waals surface area contributed by atoms with E-state index in [1.807, 2.05) is 6.07 Å². The summed E-state index contributed by atoms with van der Waals surface area (Å²) in [5.74, 6) is -0.565. The molecule has 0 atom stereocenters. The molecule has 14 heavy (non-hydrogen) atoms. The average molecular weight is 186 g/mol. The second-order valence-corrected chi connectivity index (χ2v) is 2.72. The van der Waals surface area contributed by atoms with E-state index in [0.29, 0.717) is 5.52 Å². The Morgan fingerprint density at radius 1 is 1.57 bits per heavy atom. The number of pyridine rings is 1. The first kappa shape index (κ1) is 8.26. The quantitative estimate of drug-likeness (QED) is 0.695. The highest BCUT2D eigenvalue weighted by Gasteiger charge is 2.13. The largest absolute Gasteiger partial charge is 0.363 e. The Kier molecular flexibility index (Phi) is 1.68. The Bertz CT molecular complexity index is 549. The van der Waals surface area contributed by atoms with Gasteiger partial charge in [-0.3, -0.25) is 9.20 Å². The van der Waals surface area contributed by atoms with Crippen molar-refractivity contribution in [2.24, 2.45) is 5.73 Å². The van der Waals surface area contributed by atoms with Crippen LogP contribution in [-0.2, 0) is 0 Å². The molecule has 2 heterocycles. The maximum Gasteiger partial charge on any atom is 0.285 e. The summed E-state index contributed by atoms with van der Waals surface area (Å²) in [6.45, 7) is 0. The second kappa shape index (κ2) is 2.85. The number of amides is 1. The van der Waals surface area contributed by atoms with E-state index in [9.17, 15) is 4.79 Å². The lowest BCUT2D eigenvalue weighted by atomic mass is 10.3. The number of primary amides is 1. The van der Waals surface area contributed by atoms with Gasteiger partial charge in [-0.05, 0) is 12.1 Å². The third kappa shape index (κ3) is 1.02. The van der Waals surface area contributed by atoms with Gasteiger partial charge in [0.15, 0.2) is 5.69 Å². The molecule has 2 aromatic rings. The molecule has 0 aromatic carbocycles. The van der Waals surface area contributed by atoms with Crippen LogP contribution in [0.1, 0.15) is 16.3 Å². The number of hydrogen-bond acceptors (Lipinski definition) is 3. The number of carbonyl (C=O) groups is 1. The predicted octanol–water partition coefficient (Wildman–Crippen LogP) is 0.305. The van der Waals surface area contributed by atoms with Crippen LogP contribution in [-0.4, -0.2) is 15.3 Å². The molecule has 1 amide bonds. The number of rotatable bonds is 1. The van der Waals surface area contributed by atoms with Gasteiger partial charge in [-0.15, -0.1) is 0 Å². The highest BCUT2D eigenvalue weighted by molar-refractivity contribution is 5.91. The van der Waals surface area contributed by atoms with E-state index in [1.165, 1.54) is 4.40 Å². The van der Waals surface area contributed by atoms with Gasteiger partial charge in [0.2, 0.25) is 5.82 Å². The number of fused-ring (bicyclic) bond motifs is 1. The predicted molar refractivity (Wildman–Crippen MR) is 48.4 cm³/mol. The van der Waals surface area contributed by atoms with Gasteiger partial charge in [0.25, 0.3) is 5.91 Å². The minimum atomic E-state index is -0.646. The van der Waals surface area contributed by atoms with Gasteiger partial charge in [-0.1, -0.05) is 6.07 Å². The van der Waals surface area contributed by atoms with Crippen molar-refractivity contribution in [1.82, 2.24) is 9.38 Å². The van der Waals surface area contributed by atoms with Crippen molar-refractivity contribution in [3.8, 4) is 6.07 Å². The minimum absolute atomic E-state index is 0.0807. The van der Waals surface area contributed by atoms with Gasteiger partial charge in [0.05, 0.1) is 5.52 Å². The van der Waals surface area contributed by atoms with Crippen molar-refractivity contribution in [1.29, 1.82) is 5.26 Å². The van der Waals surface area contributed by atoms with Crippen molar-refractivity contribution in [3.05, 3.63) is 35.9 Å². The topological polar surface area (TPSA) is 84.2 Å². The number of nitrogens with two attached hydrogens (primary N) is 1. The molecule has 0 aliphatic carbocycles. The van der Waals surface area contributed by atoms with Crippen molar-refractivity contribution >= 4 is 11.4 Å². The van der Waals surface area contributed by atoms with Crippen LogP contribution >= 0.6 is 0 Å². The standard InChI is InChI=1S/C9H6N4O/c10-5-6-7-3-1-2-4-13(7)9(12-6)8(11)14/h1-4H,(H2,11,14). The van der Waals surface area contributed by atoms with E-state index in [1.54, 1.807) is 24.4 Å². The SMILES string of the molecule is N#Cc1nc(C(N)=O)n2ccccc12. The van der Waals surface area contributed by atoms with Gasteiger partial charge in [-0.25, -0.2) is 4.98 Å². The fourth-order valence-electron chi connectivity index (χ4n) is 1.29. The summed E-state index contributed by atoms with van der Waals surface area (Å²) < 4.78 is 1.50. The molecule has 5 nitrogen and oxygen atoms in total. The maximum atomic E-state index is 11.0. The average Bonchev–Trinajstić information content (AvgIpc) is 2.56. The maximum absolute atomic E-state index is 11.0. The lowest BCUT2D eigenvalue weighted by molar-refractivity contribution is 0.0990. The summed E-state index contributed by atoms with van der Waals surface area (Å²) >= 11 is 0. The van der Waals surface area contributed by atoms with E-state index in [2.05, 4.69) is 4.98 Å². The van der Waals surface area contributed by atoms with Crippen molar-refractivity contribution < 1.29 is 4.79 Å². The highest BCUT2D eigenvalue weighted by atomic mass is 16.1. The molecule has 0 unspecified atom stereocenters. The molecule has 2 rings (SSSR count). The van der Waals surface area contributed by atoms with Crippen LogP contribution in [0.25, 0.3) is 5.52 Å². The first-order valence-corrected chi connectivity index (χ1v) is 3.91. The number of carbonyl (C=O) groups excluding carboxylic acids is 1. The van der Waals surface area contributed by atoms with E-state index in [-0.39, 0.29) is 11.5 Å². The number of imidazole rings is 1. The molecule has 0 aliphatic heterocycles. The van der Waals surface area contributed by atoms with E-state index < -0.39 is 5.91 Å². The molecule has 0 spiro atoms. The second-order valence-electron chi connectivity index (χ2n) is 2.72. The van der Waals surface area contributed by atoms with Crippen LogP contribution in [0.3, 0.4) is 0 Å². The van der Waals surface area contributed by atoms with Crippen molar-refractivity contribution in [2.75, 3.05) is 0 Å². The van der Waals surface area contributed by atoms with E-state index in [4.69, 9.17) is 11.0 Å². The Labute approximate surface area is 79.4 Å². The molecule has 2 N–H and O–H groups in total. The normalized spacial score (nSPS) is 9.93. The summed E-state index contributed by atoms with van der Waals surface area (Å²) in [6.07, 6.45) is 1.64. The third-order valence-corrected chi connectivity index (χ3v) is 1.87. The molecule has 2 aromatic heterocycles. The summed E-state index contributed by atoms with van der Waals surface area (Å²) in [5.41, 5.74) is 5.91. The summed E-state index contributed by atoms with van der Waals surface area (Å²) in [7, 11) is 0. The van der Waals surface area contributed by atoms with E-state index >= 15 is 0 Å². The Hall–Kier alpha value is -2.35. The van der Waals surface area contributed by atoms with Crippen LogP contribution in [0, 0.1) is 11.3 Å². The Morgan fingerprint density at radius 3 is 3.00 bits per heavy atom. The Morgan fingerprint density at radius 2 is 2.36 bits per heavy atom. The van der Waals surface area contributed by atoms with Crippen LogP contribution < -0.4 is 5.73 Å². The van der Waals surface area contributed by atoms with Crippen LogP contribution in [0.2, 0.25) is 0 Å². The van der Waals surface area contributed by atoms with Gasteiger partial charge < -0.3 is 5.73 Å². The zero-order valence-corrected chi connectivity index (χ0v) is 7.14. The number of nitrogens with zero attached hydrogens (tertiary/aromatic N) is 3. The molecule has 5 heteroatoms. The van der Waals surface area contributed by atoms with Gasteiger partial charge >= 0.3 is 0 Å². The first-order valence-electron chi connectivity index (χ1n) is 3.91. The molecule has 0 fully saturated rings. The third-order valence-electron chi connectivity index (χ3n) is 1.87. The first-order chi connectivity index (χ1) is 6.74. The molecule has 0 aliphatic rings. The minimum Gasteiger partial charge on any atom is -0.363 e. The fourth-order valence-corrected chi connectivity index (χ4v) is 1.29. The smallest absolute Gasteiger partial charge is 0.285 e. The summed E-state index contributed by atoms with van der Waals surface area (Å²) in [4.78, 5) is 14.8. The number of nitriles is 1. The lowest BCUT2D eigenvalue weighted by Crippen LogP contribution is -2.14. The fraction of sp³-hybridized carbons (Fsp3) is 0. The number of hydrogen-bond donors (Lipinski definition) is 1. The van der Waals surface area contributed by atoms with Gasteiger partial charge in [-0.2, -0.15) is 5.26 Å². The lowest BCUT2D eigenvalue weighted by Gasteiger charge is -1.94. The molecule has 0 bridgehead atoms. The molecule has 0 radical (unpaired) electrons. The highest BCUT2D eigenvalue weighted by Crippen LogP contribution is 2.11. The monoisotopic (exact) mass is 186 g/mol. The molecule has 0 saturated carbocycles. The van der Waals surface area contributed by atoms with E-state index in [0.717, 1.165) is 0 Å². The zero-order chi connectivity index (χ0) is 10.1. The van der Waals surface area contributed by atoms with Crippen LogP contribution in [0.15, 0.2) is 24.4 Å². The summed E-state index contributed by atoms with van der Waals surface area (Å²) in [5, 5.41) is 8.75. The Balaban J connectivity index is 2.88. The molecular formula is C9H6N4O. The van der Waals surface area contributed by atoms with Crippen molar-refractivity contribution in [2.45, 2.75) is 0 Å². The molecular weight excluding hydrogens is 180 g/mol. The van der Waals surface area contributed by atoms with Gasteiger partial charge in [0, 0.05) is 6.20 Å². The number of aromatic nitrogens is 2.